The lowest BCUT2D eigenvalue weighted by atomic mass is 9.96. The van der Waals surface area contributed by atoms with Crippen LogP contribution in [-0.4, -0.2) is 23.0 Å². The van der Waals surface area contributed by atoms with Gasteiger partial charge in [-0.25, -0.2) is 0 Å². The zero-order chi connectivity index (χ0) is 15.5. The van der Waals surface area contributed by atoms with Crippen LogP contribution in [0.1, 0.15) is 37.7 Å². The molecule has 0 spiro atoms. The fraction of sp³-hybridized carbons (Fsp3) is 0.500. The minimum Gasteiger partial charge on any atom is -0.454 e. The maximum atomic E-state index is 5.41. The Hall–Kier alpha value is -1.47. The van der Waals surface area contributed by atoms with Crippen LogP contribution in [0.3, 0.4) is 0 Å². The Morgan fingerprint density at radius 3 is 2.91 bits per heavy atom. The lowest BCUT2D eigenvalue weighted by Crippen LogP contribution is -2.21. The monoisotopic (exact) mass is 349 g/mol. The van der Waals surface area contributed by atoms with Crippen LogP contribution in [0.15, 0.2) is 22.5 Å². The quantitative estimate of drug-likeness (QED) is 0.812. The summed E-state index contributed by atoms with van der Waals surface area (Å²) in [6, 6.07) is 6.65. The number of benzene rings is 1. The molecule has 1 fully saturated rings. The molecule has 2 heterocycles. The van der Waals surface area contributed by atoms with Gasteiger partial charge in [-0.15, -0.1) is 10.2 Å². The summed E-state index contributed by atoms with van der Waals surface area (Å²) in [5.41, 5.74) is 1.20. The SMILES string of the molecule is c1cc2c(cc1CSc1nnc(NC3CCCCC3)s1)OCO2. The van der Waals surface area contributed by atoms with Crippen LogP contribution in [0, 0.1) is 0 Å². The predicted molar refractivity (Wildman–Crippen MR) is 92.5 cm³/mol. The molecule has 1 aromatic carbocycles. The standard InChI is InChI=1S/C16H19N3O2S2/c1-2-4-12(5-3-1)17-15-18-19-16(23-15)22-9-11-6-7-13-14(8-11)21-10-20-13/h6-8,12H,1-5,9-10H2,(H,17,18). The van der Waals surface area contributed by atoms with Crippen molar-refractivity contribution in [3.63, 3.8) is 0 Å². The molecule has 1 aliphatic carbocycles. The first-order chi connectivity index (χ1) is 11.4. The number of nitrogens with zero attached hydrogens (tertiary/aromatic N) is 2. The van der Waals surface area contributed by atoms with Gasteiger partial charge in [-0.05, 0) is 30.5 Å². The van der Waals surface area contributed by atoms with E-state index in [1.54, 1.807) is 23.1 Å². The largest absolute Gasteiger partial charge is 0.454 e. The Bertz CT molecular complexity index is 671. The molecule has 1 saturated carbocycles. The van der Waals surface area contributed by atoms with Gasteiger partial charge in [0.1, 0.15) is 0 Å². The number of hydrogen-bond donors (Lipinski definition) is 1. The number of hydrogen-bond acceptors (Lipinski definition) is 7. The zero-order valence-corrected chi connectivity index (χ0v) is 14.4. The van der Waals surface area contributed by atoms with Crippen molar-refractivity contribution in [1.29, 1.82) is 0 Å². The highest BCUT2D eigenvalue weighted by Crippen LogP contribution is 2.35. The van der Waals surface area contributed by atoms with Crippen molar-refractivity contribution < 1.29 is 9.47 Å². The van der Waals surface area contributed by atoms with Crippen molar-refractivity contribution in [3.05, 3.63) is 23.8 Å². The van der Waals surface area contributed by atoms with Gasteiger partial charge in [0.25, 0.3) is 0 Å². The normalized spacial score (nSPS) is 17.4. The fourth-order valence-corrected chi connectivity index (χ4v) is 4.70. The van der Waals surface area contributed by atoms with Crippen molar-refractivity contribution in [1.82, 2.24) is 10.2 Å². The molecule has 0 amide bonds. The van der Waals surface area contributed by atoms with Crippen LogP contribution in [0.4, 0.5) is 5.13 Å². The van der Waals surface area contributed by atoms with Crippen molar-refractivity contribution in [2.45, 2.75) is 48.2 Å². The Balaban J connectivity index is 1.32. The summed E-state index contributed by atoms with van der Waals surface area (Å²) in [6.45, 7) is 0.318. The summed E-state index contributed by atoms with van der Waals surface area (Å²) in [6.07, 6.45) is 6.51. The van der Waals surface area contributed by atoms with Crippen molar-refractivity contribution in [2.24, 2.45) is 0 Å². The average molecular weight is 349 g/mol. The molecule has 0 unspecified atom stereocenters. The lowest BCUT2D eigenvalue weighted by Gasteiger charge is -2.21. The molecule has 2 aliphatic rings. The number of anilines is 1. The number of ether oxygens (including phenoxy) is 2. The van der Waals surface area contributed by atoms with Crippen molar-refractivity contribution in [3.8, 4) is 11.5 Å². The Kier molecular flexibility index (Phi) is 4.57. The first-order valence-corrected chi connectivity index (χ1v) is 9.78. The second-order valence-electron chi connectivity index (χ2n) is 5.83. The van der Waals surface area contributed by atoms with Crippen LogP contribution < -0.4 is 14.8 Å². The van der Waals surface area contributed by atoms with E-state index in [0.717, 1.165) is 26.7 Å². The summed E-state index contributed by atoms with van der Waals surface area (Å²) in [7, 11) is 0. The third-order valence-corrected chi connectivity index (χ3v) is 6.20. The van der Waals surface area contributed by atoms with Gasteiger partial charge in [-0.3, -0.25) is 0 Å². The number of aromatic nitrogens is 2. The molecule has 1 aliphatic heterocycles. The first-order valence-electron chi connectivity index (χ1n) is 7.98. The molecule has 2 aromatic rings. The van der Waals surface area contributed by atoms with Crippen molar-refractivity contribution in [2.75, 3.05) is 12.1 Å². The smallest absolute Gasteiger partial charge is 0.231 e. The number of nitrogens with one attached hydrogen (secondary N) is 1. The second kappa shape index (κ2) is 6.97. The minimum absolute atomic E-state index is 0.318. The molecule has 5 nitrogen and oxygen atoms in total. The summed E-state index contributed by atoms with van der Waals surface area (Å²) in [5, 5.41) is 13.0. The molecular formula is C16H19N3O2S2. The highest BCUT2D eigenvalue weighted by atomic mass is 32.2. The van der Waals surface area contributed by atoms with E-state index in [4.69, 9.17) is 9.47 Å². The molecule has 4 rings (SSSR count). The van der Waals surface area contributed by atoms with E-state index in [1.165, 1.54) is 37.7 Å². The van der Waals surface area contributed by atoms with E-state index < -0.39 is 0 Å². The topological polar surface area (TPSA) is 56.3 Å². The van der Waals surface area contributed by atoms with E-state index in [-0.39, 0.29) is 0 Å². The molecule has 1 aromatic heterocycles. The Morgan fingerprint density at radius 2 is 2.00 bits per heavy atom. The molecule has 0 radical (unpaired) electrons. The van der Waals surface area contributed by atoms with Gasteiger partial charge in [-0.1, -0.05) is 48.4 Å². The summed E-state index contributed by atoms with van der Waals surface area (Å²) in [4.78, 5) is 0. The van der Waals surface area contributed by atoms with E-state index >= 15 is 0 Å². The Morgan fingerprint density at radius 1 is 1.13 bits per heavy atom. The van der Waals surface area contributed by atoms with Gasteiger partial charge in [0, 0.05) is 11.8 Å². The molecule has 1 N–H and O–H groups in total. The highest BCUT2D eigenvalue weighted by Gasteiger charge is 2.16. The van der Waals surface area contributed by atoms with Crippen LogP contribution >= 0.6 is 23.1 Å². The summed E-state index contributed by atoms with van der Waals surface area (Å²) >= 11 is 3.36. The van der Waals surface area contributed by atoms with E-state index in [2.05, 4.69) is 21.6 Å². The second-order valence-corrected chi connectivity index (χ2v) is 8.03. The number of fused-ring (bicyclic) bond motifs is 1. The molecule has 23 heavy (non-hydrogen) atoms. The third-order valence-electron chi connectivity index (χ3n) is 4.14. The predicted octanol–water partition coefficient (Wildman–Crippen LogP) is 4.30. The summed E-state index contributed by atoms with van der Waals surface area (Å²) < 4.78 is 11.7. The Labute approximate surface area is 143 Å². The summed E-state index contributed by atoms with van der Waals surface area (Å²) in [5.74, 6) is 2.52. The number of thioether (sulfide) groups is 1. The van der Waals surface area contributed by atoms with Crippen LogP contribution in [0.25, 0.3) is 0 Å². The van der Waals surface area contributed by atoms with Gasteiger partial charge in [-0.2, -0.15) is 0 Å². The molecule has 0 bridgehead atoms. The van der Waals surface area contributed by atoms with Gasteiger partial charge >= 0.3 is 0 Å². The van der Waals surface area contributed by atoms with E-state index in [9.17, 15) is 0 Å². The maximum absolute atomic E-state index is 5.41. The third kappa shape index (κ3) is 3.72. The molecule has 0 saturated heterocycles. The lowest BCUT2D eigenvalue weighted by molar-refractivity contribution is 0.174. The van der Waals surface area contributed by atoms with Gasteiger partial charge in [0.2, 0.25) is 11.9 Å². The molecular weight excluding hydrogens is 330 g/mol. The van der Waals surface area contributed by atoms with Gasteiger partial charge in [0.05, 0.1) is 0 Å². The minimum atomic E-state index is 0.318. The first kappa shape index (κ1) is 15.1. The highest BCUT2D eigenvalue weighted by molar-refractivity contribution is 8.00. The fourth-order valence-electron chi connectivity index (χ4n) is 2.92. The van der Waals surface area contributed by atoms with Crippen LogP contribution in [-0.2, 0) is 5.75 Å². The molecule has 7 heteroatoms. The molecule has 0 atom stereocenters. The average Bonchev–Trinajstić information content (AvgIpc) is 3.22. The van der Waals surface area contributed by atoms with Gasteiger partial charge < -0.3 is 14.8 Å². The zero-order valence-electron chi connectivity index (χ0n) is 12.8. The number of rotatable bonds is 5. The van der Waals surface area contributed by atoms with Crippen LogP contribution in [0.5, 0.6) is 11.5 Å². The van der Waals surface area contributed by atoms with E-state index in [0.29, 0.717) is 12.8 Å². The van der Waals surface area contributed by atoms with Gasteiger partial charge in [0.15, 0.2) is 15.8 Å². The maximum Gasteiger partial charge on any atom is 0.231 e. The van der Waals surface area contributed by atoms with Crippen molar-refractivity contribution >= 4 is 28.2 Å². The van der Waals surface area contributed by atoms with Crippen LogP contribution in [0.2, 0.25) is 0 Å². The molecule has 122 valence electrons. The van der Waals surface area contributed by atoms with E-state index in [1.807, 2.05) is 12.1 Å².